The van der Waals surface area contributed by atoms with E-state index in [9.17, 15) is 25.3 Å². The highest BCUT2D eigenvalue weighted by Gasteiger charge is 2.42. The molecule has 0 unspecified atom stereocenters. The monoisotopic (exact) mass is 452 g/mol. The highest BCUT2D eigenvalue weighted by Crippen LogP contribution is 2.31. The van der Waals surface area contributed by atoms with Crippen molar-refractivity contribution in [3.63, 3.8) is 0 Å². The van der Waals surface area contributed by atoms with Crippen LogP contribution in [-0.4, -0.2) is 71.9 Å². The first-order valence-corrected chi connectivity index (χ1v) is 13.9. The lowest BCUT2D eigenvalue weighted by atomic mass is 10.2. The Morgan fingerprint density at radius 1 is 1.07 bits per heavy atom. The van der Waals surface area contributed by atoms with Crippen molar-refractivity contribution in [1.82, 2.24) is 9.84 Å². The molecule has 2 fully saturated rings. The molecule has 0 bridgehead atoms. The molecular formula is C16H24N2O7S3. The Morgan fingerprint density at radius 2 is 1.71 bits per heavy atom. The molecule has 0 saturated carbocycles. The predicted molar refractivity (Wildman–Crippen MR) is 104 cm³/mol. The standard InChI is InChI=1S/C16H24N2O7S3/c1-12-3-4-15(25-2)16(9-12)28(23,24)18(14-6-8-27(21,22)11-14)17-13-5-7-26(19,20)10-13/h3-4,9,13-14,17H,5-8,10-11H2,1-2H3/t13-,14+/m1/s1. The van der Waals surface area contributed by atoms with Gasteiger partial charge in [0.25, 0.3) is 10.0 Å². The second kappa shape index (κ2) is 7.56. The number of methoxy groups -OCH3 is 1. The summed E-state index contributed by atoms with van der Waals surface area (Å²) < 4.78 is 80.5. The lowest BCUT2D eigenvalue weighted by Gasteiger charge is -2.31. The van der Waals surface area contributed by atoms with E-state index < -0.39 is 41.8 Å². The lowest BCUT2D eigenvalue weighted by molar-refractivity contribution is 0.228. The Bertz CT molecular complexity index is 1070. The van der Waals surface area contributed by atoms with Crippen LogP contribution >= 0.6 is 0 Å². The average molecular weight is 453 g/mol. The van der Waals surface area contributed by atoms with Crippen molar-refractivity contribution in [2.24, 2.45) is 0 Å². The molecule has 2 aliphatic heterocycles. The molecule has 2 aliphatic rings. The van der Waals surface area contributed by atoms with Gasteiger partial charge in [0, 0.05) is 6.04 Å². The van der Waals surface area contributed by atoms with Crippen LogP contribution in [0.2, 0.25) is 0 Å². The molecule has 0 amide bonds. The van der Waals surface area contributed by atoms with E-state index in [4.69, 9.17) is 4.74 Å². The number of benzene rings is 1. The van der Waals surface area contributed by atoms with Gasteiger partial charge in [0.1, 0.15) is 10.6 Å². The highest BCUT2D eigenvalue weighted by atomic mass is 32.2. The van der Waals surface area contributed by atoms with Gasteiger partial charge < -0.3 is 4.74 Å². The fourth-order valence-corrected chi connectivity index (χ4v) is 8.77. The first-order valence-electron chi connectivity index (χ1n) is 8.80. The Hall–Kier alpha value is -1.21. The van der Waals surface area contributed by atoms with E-state index >= 15 is 0 Å². The second-order valence-electron chi connectivity index (χ2n) is 7.24. The van der Waals surface area contributed by atoms with Crippen molar-refractivity contribution < 1.29 is 30.0 Å². The minimum atomic E-state index is -4.19. The van der Waals surface area contributed by atoms with E-state index in [1.807, 2.05) is 0 Å². The number of aryl methyl sites for hydroxylation is 1. The Morgan fingerprint density at radius 3 is 2.25 bits per heavy atom. The second-order valence-corrected chi connectivity index (χ2v) is 13.5. The summed E-state index contributed by atoms with van der Waals surface area (Å²) in [6, 6.07) is 3.28. The lowest BCUT2D eigenvalue weighted by Crippen LogP contribution is -2.54. The van der Waals surface area contributed by atoms with Crippen molar-refractivity contribution in [3.05, 3.63) is 23.8 Å². The summed E-state index contributed by atoms with van der Waals surface area (Å²) in [6.07, 6.45) is 0.404. The molecule has 0 aliphatic carbocycles. The third-order valence-electron chi connectivity index (χ3n) is 4.94. The van der Waals surface area contributed by atoms with E-state index in [2.05, 4.69) is 5.43 Å². The van der Waals surface area contributed by atoms with E-state index in [1.165, 1.54) is 19.2 Å². The SMILES string of the molecule is COc1ccc(C)cc1S(=O)(=O)N(N[C@@H]1CCS(=O)(=O)C1)[C@H]1CCS(=O)(=O)C1. The zero-order valence-electron chi connectivity index (χ0n) is 15.7. The normalized spacial score (nSPS) is 26.5. The summed E-state index contributed by atoms with van der Waals surface area (Å²) in [5, 5.41) is 0. The van der Waals surface area contributed by atoms with Crippen molar-refractivity contribution in [3.8, 4) is 5.75 Å². The number of ether oxygens (including phenoxy) is 1. The number of nitrogens with one attached hydrogen (secondary N) is 1. The predicted octanol–water partition coefficient (Wildman–Crippen LogP) is -0.127. The molecule has 3 rings (SSSR count). The molecule has 1 N–H and O–H groups in total. The maximum Gasteiger partial charge on any atom is 0.259 e. The summed E-state index contributed by atoms with van der Waals surface area (Å²) in [5.41, 5.74) is 3.50. The zero-order valence-corrected chi connectivity index (χ0v) is 18.1. The summed E-state index contributed by atoms with van der Waals surface area (Å²) in [6.45, 7) is 1.74. The van der Waals surface area contributed by atoms with Crippen LogP contribution < -0.4 is 10.2 Å². The minimum Gasteiger partial charge on any atom is -0.495 e. The van der Waals surface area contributed by atoms with E-state index in [0.29, 0.717) is 5.56 Å². The van der Waals surface area contributed by atoms with Crippen molar-refractivity contribution >= 4 is 29.7 Å². The number of hydrazine groups is 1. The molecule has 9 nitrogen and oxygen atoms in total. The fourth-order valence-electron chi connectivity index (χ4n) is 3.50. The van der Waals surface area contributed by atoms with Crippen molar-refractivity contribution in [2.45, 2.75) is 36.7 Å². The number of sulfonamides is 1. The largest absolute Gasteiger partial charge is 0.495 e. The zero-order chi connectivity index (χ0) is 20.7. The first kappa shape index (κ1) is 21.5. The van der Waals surface area contributed by atoms with Crippen LogP contribution in [0.4, 0.5) is 0 Å². The van der Waals surface area contributed by atoms with Gasteiger partial charge in [-0.3, -0.25) is 0 Å². The van der Waals surface area contributed by atoms with Gasteiger partial charge in [-0.1, -0.05) is 6.07 Å². The van der Waals surface area contributed by atoms with Gasteiger partial charge in [-0.05, 0) is 37.5 Å². The Labute approximate surface area is 165 Å². The van der Waals surface area contributed by atoms with Crippen LogP contribution in [0.3, 0.4) is 0 Å². The maximum atomic E-state index is 13.5. The maximum absolute atomic E-state index is 13.5. The average Bonchev–Trinajstić information content (AvgIpc) is 3.13. The third-order valence-corrected chi connectivity index (χ3v) is 10.3. The number of hydrogen-bond acceptors (Lipinski definition) is 8. The van der Waals surface area contributed by atoms with Crippen LogP contribution in [0, 0.1) is 6.92 Å². The molecule has 12 heteroatoms. The van der Waals surface area contributed by atoms with Crippen LogP contribution in [0.1, 0.15) is 18.4 Å². The van der Waals surface area contributed by atoms with E-state index in [0.717, 1.165) is 4.41 Å². The van der Waals surface area contributed by atoms with Gasteiger partial charge in [0.15, 0.2) is 19.7 Å². The van der Waals surface area contributed by atoms with Gasteiger partial charge in [-0.15, -0.1) is 4.41 Å². The Balaban J connectivity index is 2.01. The number of hydrogen-bond donors (Lipinski definition) is 1. The van der Waals surface area contributed by atoms with E-state index in [1.54, 1.807) is 13.0 Å². The minimum absolute atomic E-state index is 0.0325. The van der Waals surface area contributed by atoms with Crippen LogP contribution in [0.25, 0.3) is 0 Å². The number of rotatable bonds is 6. The van der Waals surface area contributed by atoms with Gasteiger partial charge in [0.2, 0.25) is 0 Å². The van der Waals surface area contributed by atoms with Crippen LogP contribution in [-0.2, 0) is 29.7 Å². The van der Waals surface area contributed by atoms with E-state index in [-0.39, 0.29) is 46.5 Å². The van der Waals surface area contributed by atoms with Gasteiger partial charge in [-0.2, -0.15) is 0 Å². The summed E-state index contributed by atoms with van der Waals surface area (Å²) >= 11 is 0. The fraction of sp³-hybridized carbons (Fsp3) is 0.625. The molecule has 2 atom stereocenters. The van der Waals surface area contributed by atoms with Crippen molar-refractivity contribution in [1.29, 1.82) is 0 Å². The summed E-state index contributed by atoms with van der Waals surface area (Å²) in [4.78, 5) is -0.0901. The summed E-state index contributed by atoms with van der Waals surface area (Å²) in [5.74, 6) is -0.512. The molecule has 1 aromatic rings. The molecule has 0 radical (unpaired) electrons. The number of nitrogens with zero attached hydrogens (tertiary/aromatic N) is 1. The van der Waals surface area contributed by atoms with Gasteiger partial charge in [0.05, 0.1) is 36.2 Å². The Kier molecular flexibility index (Phi) is 5.80. The van der Waals surface area contributed by atoms with Gasteiger partial charge in [-0.25, -0.2) is 30.7 Å². The number of sulfone groups is 2. The molecule has 0 aromatic heterocycles. The molecule has 0 spiro atoms. The summed E-state index contributed by atoms with van der Waals surface area (Å²) in [7, 11) is -9.44. The quantitative estimate of drug-likeness (QED) is 0.592. The van der Waals surface area contributed by atoms with Gasteiger partial charge >= 0.3 is 0 Å². The molecule has 2 saturated heterocycles. The highest BCUT2D eigenvalue weighted by molar-refractivity contribution is 7.92. The molecule has 2 heterocycles. The topological polar surface area (TPSA) is 127 Å². The first-order chi connectivity index (χ1) is 12.9. The van der Waals surface area contributed by atoms with Crippen LogP contribution in [0.15, 0.2) is 23.1 Å². The molecular weight excluding hydrogens is 428 g/mol. The molecule has 158 valence electrons. The molecule has 1 aromatic carbocycles. The molecule has 28 heavy (non-hydrogen) atoms. The smallest absolute Gasteiger partial charge is 0.259 e. The third kappa shape index (κ3) is 4.51. The van der Waals surface area contributed by atoms with Crippen LogP contribution in [0.5, 0.6) is 5.75 Å². The van der Waals surface area contributed by atoms with Crippen molar-refractivity contribution in [2.75, 3.05) is 30.1 Å².